The molecule has 0 bridgehead atoms. The maximum Gasteiger partial charge on any atom is 0.155 e. The molecule has 0 rings (SSSR count). The zero-order valence-electron chi connectivity index (χ0n) is 13.4. The second kappa shape index (κ2) is 12.8. The minimum absolute atomic E-state index is 0.208. The predicted molar refractivity (Wildman–Crippen MR) is 85.8 cm³/mol. The highest BCUT2D eigenvalue weighted by atomic mass is 16.1. The van der Waals surface area contributed by atoms with Gasteiger partial charge in [0.15, 0.2) is 5.78 Å². The van der Waals surface area contributed by atoms with Crippen LogP contribution >= 0.6 is 0 Å². The molecule has 0 atom stereocenters. The van der Waals surface area contributed by atoms with Gasteiger partial charge in [0, 0.05) is 19.3 Å². The van der Waals surface area contributed by atoms with E-state index >= 15 is 0 Å². The molecule has 2 heteroatoms. The number of carbonyl (C=O) groups excluding carboxylic acids is 2. The van der Waals surface area contributed by atoms with E-state index in [0.717, 1.165) is 44.9 Å². The van der Waals surface area contributed by atoms with Gasteiger partial charge < -0.3 is 0 Å². The molecule has 0 unspecified atom stereocenters. The normalized spacial score (nSPS) is 12.1. The Morgan fingerprint density at radius 3 is 2.35 bits per heavy atom. The van der Waals surface area contributed by atoms with Crippen LogP contribution < -0.4 is 0 Å². The number of hydrogen-bond acceptors (Lipinski definition) is 2. The Bertz CT molecular complexity index is 337. The number of hydrogen-bond donors (Lipinski definition) is 0. The van der Waals surface area contributed by atoms with Crippen LogP contribution in [0.3, 0.4) is 0 Å². The lowest BCUT2D eigenvalue weighted by atomic mass is 10.0. The first-order valence-corrected chi connectivity index (χ1v) is 7.93. The molecule has 0 heterocycles. The lowest BCUT2D eigenvalue weighted by Crippen LogP contribution is -1.98. The van der Waals surface area contributed by atoms with Crippen LogP contribution in [0.15, 0.2) is 23.8 Å². The molecule has 0 amide bonds. The summed E-state index contributed by atoms with van der Waals surface area (Å²) in [5.41, 5.74) is 1.17. The lowest BCUT2D eigenvalue weighted by Gasteiger charge is -2.02. The highest BCUT2D eigenvalue weighted by Gasteiger charge is 2.02. The van der Waals surface area contributed by atoms with Crippen molar-refractivity contribution < 1.29 is 9.59 Å². The fourth-order valence-electron chi connectivity index (χ4n) is 2.10. The summed E-state index contributed by atoms with van der Waals surface area (Å²) in [5.74, 6) is 0.565. The number of unbranched alkanes of at least 4 members (excludes halogenated alkanes) is 4. The highest BCUT2D eigenvalue weighted by Crippen LogP contribution is 2.10. The van der Waals surface area contributed by atoms with Gasteiger partial charge in [0.1, 0.15) is 5.78 Å². The molecule has 0 aliphatic carbocycles. The van der Waals surface area contributed by atoms with Gasteiger partial charge in [-0.2, -0.15) is 0 Å². The zero-order chi connectivity index (χ0) is 15.2. The Morgan fingerprint density at radius 2 is 1.70 bits per heavy atom. The Balaban J connectivity index is 3.69. The molecule has 2 nitrogen and oxygen atoms in total. The summed E-state index contributed by atoms with van der Waals surface area (Å²) in [6.07, 6.45) is 13.8. The van der Waals surface area contributed by atoms with Gasteiger partial charge in [-0.1, -0.05) is 37.5 Å². The SMILES string of the molecule is CC=CC(=O)CCCCC=C(C)CC(=O)CCCCC. The van der Waals surface area contributed by atoms with E-state index in [0.29, 0.717) is 18.6 Å². The number of carbonyl (C=O) groups is 2. The third kappa shape index (κ3) is 11.9. The summed E-state index contributed by atoms with van der Waals surface area (Å²) in [7, 11) is 0. The van der Waals surface area contributed by atoms with Gasteiger partial charge in [-0.3, -0.25) is 9.59 Å². The minimum atomic E-state index is 0.208. The second-order valence-electron chi connectivity index (χ2n) is 5.44. The first kappa shape index (κ1) is 18.8. The zero-order valence-corrected chi connectivity index (χ0v) is 13.4. The minimum Gasteiger partial charge on any atom is -0.299 e. The Kier molecular flexibility index (Phi) is 12.1. The van der Waals surface area contributed by atoms with Gasteiger partial charge in [0.25, 0.3) is 0 Å². The van der Waals surface area contributed by atoms with E-state index in [1.807, 2.05) is 13.8 Å². The highest BCUT2D eigenvalue weighted by molar-refractivity contribution is 5.89. The summed E-state index contributed by atoms with van der Waals surface area (Å²) in [6, 6.07) is 0. The van der Waals surface area contributed by atoms with Crippen molar-refractivity contribution in [1.82, 2.24) is 0 Å². The molecule has 0 aromatic carbocycles. The molecule has 0 aromatic rings. The van der Waals surface area contributed by atoms with E-state index in [1.54, 1.807) is 12.2 Å². The first-order valence-electron chi connectivity index (χ1n) is 7.93. The molecule has 0 fully saturated rings. The lowest BCUT2D eigenvalue weighted by molar-refractivity contribution is -0.118. The Labute approximate surface area is 124 Å². The standard InChI is InChI=1S/C18H30O2/c1-4-6-8-14-18(20)15-16(3)12-9-7-10-13-17(19)11-5-2/h5,11-12H,4,6-10,13-15H2,1-3H3. The Morgan fingerprint density at radius 1 is 1.00 bits per heavy atom. The van der Waals surface area contributed by atoms with Crippen LogP contribution in [0.4, 0.5) is 0 Å². The fourth-order valence-corrected chi connectivity index (χ4v) is 2.10. The third-order valence-corrected chi connectivity index (χ3v) is 3.26. The van der Waals surface area contributed by atoms with Crippen LogP contribution in [-0.2, 0) is 9.59 Å². The van der Waals surface area contributed by atoms with E-state index in [1.165, 1.54) is 5.57 Å². The monoisotopic (exact) mass is 278 g/mol. The predicted octanol–water partition coefficient (Wildman–Crippen LogP) is 5.18. The smallest absolute Gasteiger partial charge is 0.155 e. The number of rotatable bonds is 12. The quantitative estimate of drug-likeness (QED) is 0.280. The van der Waals surface area contributed by atoms with Gasteiger partial charge in [-0.25, -0.2) is 0 Å². The molecule has 0 saturated carbocycles. The fraction of sp³-hybridized carbons (Fsp3) is 0.667. The average Bonchev–Trinajstić information content (AvgIpc) is 2.39. The van der Waals surface area contributed by atoms with E-state index in [9.17, 15) is 9.59 Å². The van der Waals surface area contributed by atoms with Crippen LogP contribution in [0.5, 0.6) is 0 Å². The van der Waals surface area contributed by atoms with Gasteiger partial charge in [-0.15, -0.1) is 0 Å². The van der Waals surface area contributed by atoms with Gasteiger partial charge >= 0.3 is 0 Å². The maximum atomic E-state index is 11.7. The van der Waals surface area contributed by atoms with Gasteiger partial charge in [0.05, 0.1) is 0 Å². The van der Waals surface area contributed by atoms with Crippen LogP contribution in [0.2, 0.25) is 0 Å². The van der Waals surface area contributed by atoms with Crippen LogP contribution in [-0.4, -0.2) is 11.6 Å². The summed E-state index contributed by atoms with van der Waals surface area (Å²) in [6.45, 7) is 6.04. The van der Waals surface area contributed by atoms with Crippen molar-refractivity contribution >= 4 is 11.6 Å². The van der Waals surface area contributed by atoms with Crippen LogP contribution in [0.25, 0.3) is 0 Å². The van der Waals surface area contributed by atoms with E-state index in [2.05, 4.69) is 13.0 Å². The third-order valence-electron chi connectivity index (χ3n) is 3.26. The van der Waals surface area contributed by atoms with Crippen molar-refractivity contribution in [3.63, 3.8) is 0 Å². The molecule has 0 N–H and O–H groups in total. The second-order valence-corrected chi connectivity index (χ2v) is 5.44. The topological polar surface area (TPSA) is 34.1 Å². The number of allylic oxidation sites excluding steroid dienone is 4. The Hall–Kier alpha value is -1.18. The molecular formula is C18H30O2. The van der Waals surface area contributed by atoms with E-state index in [4.69, 9.17) is 0 Å². The van der Waals surface area contributed by atoms with Crippen LogP contribution in [0.1, 0.15) is 78.6 Å². The van der Waals surface area contributed by atoms with Crippen molar-refractivity contribution in [2.75, 3.05) is 0 Å². The molecule has 0 aliphatic heterocycles. The van der Waals surface area contributed by atoms with Crippen molar-refractivity contribution in [3.05, 3.63) is 23.8 Å². The van der Waals surface area contributed by atoms with Crippen molar-refractivity contribution in [1.29, 1.82) is 0 Å². The summed E-state index contributed by atoms with van der Waals surface area (Å²) >= 11 is 0. The van der Waals surface area contributed by atoms with Gasteiger partial charge in [0.2, 0.25) is 0 Å². The summed E-state index contributed by atoms with van der Waals surface area (Å²) < 4.78 is 0. The molecule has 0 aliphatic rings. The maximum absolute atomic E-state index is 11.7. The van der Waals surface area contributed by atoms with Crippen LogP contribution in [0, 0.1) is 0 Å². The average molecular weight is 278 g/mol. The number of ketones is 2. The van der Waals surface area contributed by atoms with E-state index in [-0.39, 0.29) is 5.78 Å². The molecule has 20 heavy (non-hydrogen) atoms. The molecule has 0 aromatic heterocycles. The number of Topliss-reactive ketones (excluding diaryl/α,β-unsaturated/α-hetero) is 1. The largest absolute Gasteiger partial charge is 0.299 e. The van der Waals surface area contributed by atoms with Gasteiger partial charge in [-0.05, 0) is 45.6 Å². The molecule has 0 radical (unpaired) electrons. The molecule has 0 spiro atoms. The van der Waals surface area contributed by atoms with E-state index < -0.39 is 0 Å². The molecule has 0 saturated heterocycles. The molecule has 114 valence electrons. The van der Waals surface area contributed by atoms with Crippen molar-refractivity contribution in [2.45, 2.75) is 78.6 Å². The van der Waals surface area contributed by atoms with Crippen molar-refractivity contribution in [2.24, 2.45) is 0 Å². The first-order chi connectivity index (χ1) is 9.60. The molecular weight excluding hydrogens is 248 g/mol. The summed E-state index contributed by atoms with van der Waals surface area (Å²) in [5, 5.41) is 0. The summed E-state index contributed by atoms with van der Waals surface area (Å²) in [4.78, 5) is 22.9. The van der Waals surface area contributed by atoms with Crippen molar-refractivity contribution in [3.8, 4) is 0 Å².